The Bertz CT molecular complexity index is 1110. The summed E-state index contributed by atoms with van der Waals surface area (Å²) >= 11 is 0. The molecule has 0 aliphatic carbocycles. The summed E-state index contributed by atoms with van der Waals surface area (Å²) in [5.41, 5.74) is 1.91. The zero-order valence-electron chi connectivity index (χ0n) is 14.3. The number of rotatable bonds is 3. The van der Waals surface area contributed by atoms with E-state index in [0.29, 0.717) is 42.7 Å². The maximum absolute atomic E-state index is 12.3. The molecule has 0 spiro atoms. The topological polar surface area (TPSA) is 101 Å². The van der Waals surface area contributed by atoms with E-state index in [1.807, 2.05) is 18.2 Å². The number of aromatic nitrogens is 4. The minimum Gasteiger partial charge on any atom is -0.353 e. The van der Waals surface area contributed by atoms with Gasteiger partial charge in [-0.25, -0.2) is 17.4 Å². The van der Waals surface area contributed by atoms with E-state index in [2.05, 4.69) is 15.3 Å². The van der Waals surface area contributed by atoms with Crippen LogP contribution < -0.4 is 5.43 Å². The smallest absolute Gasteiger partial charge is 0.211 e. The molecular formula is C17H19N5O3S. The van der Waals surface area contributed by atoms with Gasteiger partial charge in [-0.2, -0.15) is 0 Å². The highest BCUT2D eigenvalue weighted by Crippen LogP contribution is 2.24. The summed E-state index contributed by atoms with van der Waals surface area (Å²) in [6.45, 7) is 0.955. The van der Waals surface area contributed by atoms with Gasteiger partial charge in [-0.05, 0) is 25.0 Å². The molecule has 1 aromatic carbocycles. The van der Waals surface area contributed by atoms with E-state index < -0.39 is 10.0 Å². The molecule has 8 nitrogen and oxygen atoms in total. The van der Waals surface area contributed by atoms with E-state index in [1.54, 1.807) is 16.9 Å². The van der Waals surface area contributed by atoms with E-state index in [-0.39, 0.29) is 11.5 Å². The third kappa shape index (κ3) is 3.15. The van der Waals surface area contributed by atoms with Crippen LogP contribution >= 0.6 is 0 Å². The molecule has 0 bridgehead atoms. The van der Waals surface area contributed by atoms with E-state index in [0.717, 1.165) is 5.52 Å². The molecule has 4 rings (SSSR count). The largest absolute Gasteiger partial charge is 0.353 e. The maximum atomic E-state index is 12.3. The Morgan fingerprint density at radius 2 is 1.92 bits per heavy atom. The molecule has 26 heavy (non-hydrogen) atoms. The van der Waals surface area contributed by atoms with Gasteiger partial charge in [-0.3, -0.25) is 4.79 Å². The second-order valence-corrected chi connectivity index (χ2v) is 8.55. The van der Waals surface area contributed by atoms with Gasteiger partial charge in [0.05, 0.1) is 24.2 Å². The lowest BCUT2D eigenvalue weighted by molar-refractivity contribution is 0.259. The van der Waals surface area contributed by atoms with Gasteiger partial charge in [0, 0.05) is 30.1 Å². The molecule has 0 atom stereocenters. The molecule has 136 valence electrons. The number of fused-ring (bicyclic) bond motifs is 1. The summed E-state index contributed by atoms with van der Waals surface area (Å²) in [6, 6.07) is 8.96. The van der Waals surface area contributed by atoms with E-state index >= 15 is 0 Å². The predicted octanol–water partition coefficient (Wildman–Crippen LogP) is 1.38. The Hall–Kier alpha value is -2.52. The predicted molar refractivity (Wildman–Crippen MR) is 98.3 cm³/mol. The third-order valence-electron chi connectivity index (χ3n) is 4.79. The first kappa shape index (κ1) is 16.9. The van der Waals surface area contributed by atoms with Crippen LogP contribution in [0.25, 0.3) is 22.3 Å². The fourth-order valence-electron chi connectivity index (χ4n) is 3.35. The van der Waals surface area contributed by atoms with Gasteiger partial charge in [0.2, 0.25) is 10.0 Å². The molecule has 1 aliphatic rings. The lowest BCUT2D eigenvalue weighted by atomic mass is 10.1. The first-order chi connectivity index (χ1) is 12.4. The molecule has 0 amide bonds. The van der Waals surface area contributed by atoms with Gasteiger partial charge in [-0.15, -0.1) is 5.10 Å². The number of H-pyrrole nitrogens is 1. The summed E-state index contributed by atoms with van der Waals surface area (Å²) in [6.07, 6.45) is 4.41. The second kappa shape index (κ2) is 6.33. The molecule has 1 fully saturated rings. The Labute approximate surface area is 150 Å². The van der Waals surface area contributed by atoms with Crippen LogP contribution in [-0.2, 0) is 10.0 Å². The van der Waals surface area contributed by atoms with Gasteiger partial charge < -0.3 is 4.98 Å². The van der Waals surface area contributed by atoms with E-state index in [9.17, 15) is 13.2 Å². The number of benzene rings is 1. The van der Waals surface area contributed by atoms with Gasteiger partial charge in [0.1, 0.15) is 5.69 Å². The second-order valence-electron chi connectivity index (χ2n) is 6.57. The van der Waals surface area contributed by atoms with Crippen molar-refractivity contribution in [3.8, 4) is 11.4 Å². The number of hydrogen-bond acceptors (Lipinski definition) is 5. The number of nitrogens with zero attached hydrogens (tertiary/aromatic N) is 4. The number of pyridine rings is 1. The molecule has 1 N–H and O–H groups in total. The SMILES string of the molecule is CS(=O)(=O)N1CCC(n2cc(-c3cc(=O)c4ccccc4[nH]3)nn2)CC1. The first-order valence-electron chi connectivity index (χ1n) is 8.41. The number of sulfonamides is 1. The van der Waals surface area contributed by atoms with Crippen LogP contribution in [0.1, 0.15) is 18.9 Å². The van der Waals surface area contributed by atoms with Crippen LogP contribution in [0.5, 0.6) is 0 Å². The van der Waals surface area contributed by atoms with Crippen molar-refractivity contribution < 1.29 is 8.42 Å². The average Bonchev–Trinajstić information content (AvgIpc) is 3.11. The minimum atomic E-state index is -3.15. The Morgan fingerprint density at radius 1 is 1.19 bits per heavy atom. The lowest BCUT2D eigenvalue weighted by Gasteiger charge is -2.29. The Balaban J connectivity index is 1.58. The molecule has 3 aromatic rings. The van der Waals surface area contributed by atoms with Crippen LogP contribution in [-0.4, -0.2) is 52.0 Å². The number of nitrogens with one attached hydrogen (secondary N) is 1. The van der Waals surface area contributed by atoms with Crippen LogP contribution in [0, 0.1) is 0 Å². The quantitative estimate of drug-likeness (QED) is 0.747. The Morgan fingerprint density at radius 3 is 2.65 bits per heavy atom. The minimum absolute atomic E-state index is 0.0645. The van der Waals surface area contributed by atoms with Crippen molar-refractivity contribution in [2.24, 2.45) is 0 Å². The summed E-state index contributed by atoms with van der Waals surface area (Å²) in [5, 5.41) is 9.01. The van der Waals surface area contributed by atoms with Gasteiger partial charge in [0.25, 0.3) is 0 Å². The molecule has 0 radical (unpaired) electrons. The number of para-hydroxylation sites is 1. The van der Waals surface area contributed by atoms with Crippen molar-refractivity contribution in [2.45, 2.75) is 18.9 Å². The maximum Gasteiger partial charge on any atom is 0.211 e. The fourth-order valence-corrected chi connectivity index (χ4v) is 4.23. The first-order valence-corrected chi connectivity index (χ1v) is 10.3. The van der Waals surface area contributed by atoms with E-state index in [1.165, 1.54) is 16.6 Å². The standard InChI is InChI=1S/C17H19N5O3S/c1-26(24,25)21-8-6-12(7-9-21)22-11-16(19-20-22)15-10-17(23)13-4-2-3-5-14(13)18-15/h2-5,10-12H,6-9H2,1H3,(H,18,23). The number of piperidine rings is 1. The monoisotopic (exact) mass is 373 g/mol. The fraction of sp³-hybridized carbons (Fsp3) is 0.353. The lowest BCUT2D eigenvalue weighted by Crippen LogP contribution is -2.38. The van der Waals surface area contributed by atoms with Crippen molar-refractivity contribution >= 4 is 20.9 Å². The van der Waals surface area contributed by atoms with Gasteiger partial charge in [-0.1, -0.05) is 17.3 Å². The van der Waals surface area contributed by atoms with Gasteiger partial charge in [0.15, 0.2) is 5.43 Å². The van der Waals surface area contributed by atoms with Crippen molar-refractivity contribution in [3.05, 3.63) is 46.8 Å². The van der Waals surface area contributed by atoms with E-state index in [4.69, 9.17) is 0 Å². The number of aromatic amines is 1. The van der Waals surface area contributed by atoms with Crippen LogP contribution in [0.3, 0.4) is 0 Å². The Kier molecular flexibility index (Phi) is 4.12. The summed E-state index contributed by atoms with van der Waals surface area (Å²) < 4.78 is 26.5. The normalized spacial score (nSPS) is 17.0. The summed E-state index contributed by atoms with van der Waals surface area (Å²) in [7, 11) is -3.15. The molecule has 1 saturated heterocycles. The van der Waals surface area contributed by atoms with Gasteiger partial charge >= 0.3 is 0 Å². The third-order valence-corrected chi connectivity index (χ3v) is 6.09. The van der Waals surface area contributed by atoms with Crippen molar-refractivity contribution in [3.63, 3.8) is 0 Å². The molecule has 3 heterocycles. The van der Waals surface area contributed by atoms with Crippen molar-refractivity contribution in [1.82, 2.24) is 24.3 Å². The zero-order valence-corrected chi connectivity index (χ0v) is 15.1. The zero-order chi connectivity index (χ0) is 18.3. The molecule has 0 saturated carbocycles. The highest BCUT2D eigenvalue weighted by Gasteiger charge is 2.26. The highest BCUT2D eigenvalue weighted by atomic mass is 32.2. The molecule has 0 unspecified atom stereocenters. The van der Waals surface area contributed by atoms with Crippen LogP contribution in [0.2, 0.25) is 0 Å². The molecular weight excluding hydrogens is 354 g/mol. The molecule has 1 aliphatic heterocycles. The van der Waals surface area contributed by atoms with Crippen molar-refractivity contribution in [1.29, 1.82) is 0 Å². The average molecular weight is 373 g/mol. The van der Waals surface area contributed by atoms with Crippen LogP contribution in [0.4, 0.5) is 0 Å². The summed E-state index contributed by atoms with van der Waals surface area (Å²) in [4.78, 5) is 15.5. The molecule has 9 heteroatoms. The highest BCUT2D eigenvalue weighted by molar-refractivity contribution is 7.88. The summed E-state index contributed by atoms with van der Waals surface area (Å²) in [5.74, 6) is 0. The number of hydrogen-bond donors (Lipinski definition) is 1. The van der Waals surface area contributed by atoms with Crippen LogP contribution in [0.15, 0.2) is 41.3 Å². The molecule has 2 aromatic heterocycles. The van der Waals surface area contributed by atoms with Crippen molar-refractivity contribution in [2.75, 3.05) is 19.3 Å².